The van der Waals surface area contributed by atoms with Gasteiger partial charge in [0, 0.05) is 29.4 Å². The molecule has 0 aliphatic heterocycles. The molecular formula is C12H10Cl2FNS. The molecule has 1 aliphatic rings. The average Bonchev–Trinajstić information content (AvgIpc) is 2.30. The van der Waals surface area contributed by atoms with Crippen LogP contribution in [0.3, 0.4) is 0 Å². The quantitative estimate of drug-likeness (QED) is 0.741. The van der Waals surface area contributed by atoms with Crippen molar-refractivity contribution >= 4 is 41.2 Å². The number of nitrogens with zero attached hydrogens (tertiary/aromatic N) is 1. The Morgan fingerprint density at radius 1 is 1.35 bits per heavy atom. The first-order valence-electron chi connectivity index (χ1n) is 5.23. The van der Waals surface area contributed by atoms with Crippen molar-refractivity contribution < 1.29 is 4.39 Å². The molecular weight excluding hydrogens is 280 g/mol. The Morgan fingerprint density at radius 3 is 2.65 bits per heavy atom. The van der Waals surface area contributed by atoms with E-state index in [9.17, 15) is 4.39 Å². The molecule has 1 aromatic rings. The van der Waals surface area contributed by atoms with Crippen LogP contribution in [0.5, 0.6) is 0 Å². The molecule has 0 amide bonds. The molecule has 2 unspecified atom stereocenters. The van der Waals surface area contributed by atoms with Crippen LogP contribution in [-0.4, -0.2) is 11.4 Å². The molecule has 5 heteroatoms. The summed E-state index contributed by atoms with van der Waals surface area (Å²) in [5.74, 6) is -0.305. The molecule has 1 aromatic carbocycles. The second-order valence-corrected chi connectivity index (χ2v) is 5.16. The Kier molecular flexibility index (Phi) is 4.13. The van der Waals surface area contributed by atoms with Crippen molar-refractivity contribution in [3.63, 3.8) is 0 Å². The van der Waals surface area contributed by atoms with Gasteiger partial charge in [-0.2, -0.15) is 0 Å². The van der Waals surface area contributed by atoms with Crippen molar-refractivity contribution in [2.45, 2.75) is 24.3 Å². The number of benzene rings is 1. The van der Waals surface area contributed by atoms with Crippen molar-refractivity contribution in [2.75, 3.05) is 0 Å². The third-order valence-electron chi connectivity index (χ3n) is 2.81. The fourth-order valence-corrected chi connectivity index (χ4v) is 3.08. The zero-order valence-corrected chi connectivity index (χ0v) is 11.2. The van der Waals surface area contributed by atoms with Crippen molar-refractivity contribution in [3.05, 3.63) is 40.7 Å². The molecule has 0 saturated heterocycles. The van der Waals surface area contributed by atoms with Gasteiger partial charge >= 0.3 is 0 Å². The summed E-state index contributed by atoms with van der Waals surface area (Å²) in [5, 5.41) is 0.213. The summed E-state index contributed by atoms with van der Waals surface area (Å²) in [4.78, 5) is 0. The van der Waals surface area contributed by atoms with Gasteiger partial charge in [0.2, 0.25) is 0 Å². The van der Waals surface area contributed by atoms with Crippen LogP contribution in [0.4, 0.5) is 4.39 Å². The lowest BCUT2D eigenvalue weighted by molar-refractivity contribution is 0.605. The number of rotatable bonds is 2. The lowest BCUT2D eigenvalue weighted by Gasteiger charge is -2.25. The minimum atomic E-state index is -0.343. The molecule has 90 valence electrons. The minimum absolute atomic E-state index is 0.0458. The summed E-state index contributed by atoms with van der Waals surface area (Å²) in [7, 11) is 0. The van der Waals surface area contributed by atoms with E-state index in [0.717, 1.165) is 0 Å². The summed E-state index contributed by atoms with van der Waals surface area (Å²) in [6.07, 6.45) is 1.14. The highest BCUT2D eigenvalue weighted by Crippen LogP contribution is 2.39. The lowest BCUT2D eigenvalue weighted by atomic mass is 9.90. The van der Waals surface area contributed by atoms with E-state index in [-0.39, 0.29) is 17.2 Å². The van der Waals surface area contributed by atoms with Gasteiger partial charge in [-0.05, 0) is 18.1 Å². The Labute approximate surface area is 115 Å². The number of hydrogen-bond acceptors (Lipinski definition) is 2. The fraction of sp³-hybridized carbons (Fsp3) is 0.333. The highest BCUT2D eigenvalue weighted by molar-refractivity contribution is 7.47. The highest BCUT2D eigenvalue weighted by atomic mass is 35.5. The molecule has 0 heterocycles. The minimum Gasteiger partial charge on any atom is -0.216 e. The zero-order valence-electron chi connectivity index (χ0n) is 8.87. The first-order valence-corrected chi connectivity index (χ1v) is 6.41. The van der Waals surface area contributed by atoms with Crippen LogP contribution in [0, 0.1) is 5.82 Å². The SMILES string of the molecule is Fc1ccccc1C1=C(Cl)CC(N=S)CC1Cl. The maximum absolute atomic E-state index is 13.7. The van der Waals surface area contributed by atoms with Gasteiger partial charge in [-0.15, -0.1) is 11.6 Å². The smallest absolute Gasteiger partial charge is 0.130 e. The monoisotopic (exact) mass is 289 g/mol. The molecule has 0 aromatic heterocycles. The van der Waals surface area contributed by atoms with Gasteiger partial charge in [0.05, 0.1) is 11.4 Å². The second-order valence-electron chi connectivity index (χ2n) is 3.97. The predicted molar refractivity (Wildman–Crippen MR) is 71.6 cm³/mol. The van der Waals surface area contributed by atoms with E-state index in [1.807, 2.05) is 0 Å². The van der Waals surface area contributed by atoms with E-state index >= 15 is 0 Å². The van der Waals surface area contributed by atoms with Crippen LogP contribution in [0.15, 0.2) is 33.7 Å². The molecule has 0 N–H and O–H groups in total. The standard InChI is InChI=1S/C12H10Cl2FNS/c13-9-5-7(16-17)6-10(14)12(9)8-3-1-2-4-11(8)15/h1-4,7,9H,5-6H2. The van der Waals surface area contributed by atoms with E-state index in [1.54, 1.807) is 18.2 Å². The first-order chi connectivity index (χ1) is 8.13. The molecule has 2 rings (SSSR count). The summed E-state index contributed by atoms with van der Waals surface area (Å²) < 4.78 is 17.5. The van der Waals surface area contributed by atoms with E-state index in [4.69, 9.17) is 23.2 Å². The molecule has 2 atom stereocenters. The largest absolute Gasteiger partial charge is 0.216 e. The van der Waals surface area contributed by atoms with Gasteiger partial charge in [-0.1, -0.05) is 29.8 Å². The predicted octanol–water partition coefficient (Wildman–Crippen LogP) is 4.28. The Balaban J connectivity index is 2.44. The van der Waals surface area contributed by atoms with Crippen LogP contribution in [0.1, 0.15) is 18.4 Å². The van der Waals surface area contributed by atoms with Gasteiger partial charge in [-0.3, -0.25) is 0 Å². The summed E-state index contributed by atoms with van der Waals surface area (Å²) in [6.45, 7) is 0. The van der Waals surface area contributed by atoms with Crippen LogP contribution >= 0.6 is 23.2 Å². The number of hydrogen-bond donors (Lipinski definition) is 0. The van der Waals surface area contributed by atoms with Crippen LogP contribution in [0.2, 0.25) is 0 Å². The maximum atomic E-state index is 13.7. The third kappa shape index (κ3) is 2.67. The summed E-state index contributed by atoms with van der Waals surface area (Å²) in [5.41, 5.74) is 1.14. The number of alkyl halides is 1. The first kappa shape index (κ1) is 12.9. The molecule has 1 aliphatic carbocycles. The number of allylic oxidation sites excluding steroid dienone is 1. The van der Waals surface area contributed by atoms with E-state index in [2.05, 4.69) is 16.8 Å². The van der Waals surface area contributed by atoms with Crippen molar-refractivity contribution in [1.29, 1.82) is 0 Å². The highest BCUT2D eigenvalue weighted by Gasteiger charge is 2.29. The number of halogens is 3. The molecule has 0 radical (unpaired) electrons. The Bertz CT molecular complexity index is 475. The molecule has 1 nitrogen and oxygen atoms in total. The van der Waals surface area contributed by atoms with Crippen molar-refractivity contribution in [3.8, 4) is 0 Å². The second kappa shape index (κ2) is 5.42. The molecule has 0 saturated carbocycles. The Hall–Kier alpha value is -0.510. The van der Waals surface area contributed by atoms with Gasteiger partial charge in [0.15, 0.2) is 0 Å². The molecule has 17 heavy (non-hydrogen) atoms. The Morgan fingerprint density at radius 2 is 2.06 bits per heavy atom. The van der Waals surface area contributed by atoms with E-state index < -0.39 is 0 Å². The summed E-state index contributed by atoms with van der Waals surface area (Å²) in [6, 6.07) is 6.45. The third-order valence-corrected chi connectivity index (χ3v) is 3.86. The van der Waals surface area contributed by atoms with Gasteiger partial charge in [0.25, 0.3) is 0 Å². The maximum Gasteiger partial charge on any atom is 0.130 e. The normalized spacial score (nSPS) is 24.9. The van der Waals surface area contributed by atoms with Gasteiger partial charge in [0.1, 0.15) is 5.82 Å². The lowest BCUT2D eigenvalue weighted by Crippen LogP contribution is -2.20. The fourth-order valence-electron chi connectivity index (χ4n) is 2.00. The molecule has 0 spiro atoms. The van der Waals surface area contributed by atoms with Gasteiger partial charge < -0.3 is 0 Å². The van der Waals surface area contributed by atoms with Gasteiger partial charge in [-0.25, -0.2) is 8.75 Å². The molecule has 0 fully saturated rings. The van der Waals surface area contributed by atoms with Crippen LogP contribution in [0.25, 0.3) is 5.57 Å². The van der Waals surface area contributed by atoms with E-state index in [0.29, 0.717) is 29.0 Å². The summed E-state index contributed by atoms with van der Waals surface area (Å²) >= 11 is 17.1. The van der Waals surface area contributed by atoms with Crippen LogP contribution in [-0.2, 0) is 12.4 Å². The molecule has 0 bridgehead atoms. The van der Waals surface area contributed by atoms with Crippen molar-refractivity contribution in [1.82, 2.24) is 0 Å². The van der Waals surface area contributed by atoms with Crippen LogP contribution < -0.4 is 0 Å². The zero-order chi connectivity index (χ0) is 12.4. The topological polar surface area (TPSA) is 12.4 Å². The average molecular weight is 290 g/mol. The van der Waals surface area contributed by atoms with Crippen molar-refractivity contribution in [2.24, 2.45) is 4.36 Å². The van der Waals surface area contributed by atoms with E-state index in [1.165, 1.54) is 6.07 Å².